The van der Waals surface area contributed by atoms with Gasteiger partial charge in [0.15, 0.2) is 0 Å². The molecule has 0 unspecified atom stereocenters. The van der Waals surface area contributed by atoms with Gasteiger partial charge in [-0.2, -0.15) is 5.10 Å². The van der Waals surface area contributed by atoms with Crippen LogP contribution in [-0.4, -0.2) is 21.9 Å². The lowest BCUT2D eigenvalue weighted by Gasteiger charge is -2.17. The van der Waals surface area contributed by atoms with Crippen molar-refractivity contribution in [2.24, 2.45) is 0 Å². The van der Waals surface area contributed by atoms with Crippen LogP contribution in [0.4, 0.5) is 4.39 Å². The Labute approximate surface area is 181 Å². The summed E-state index contributed by atoms with van der Waals surface area (Å²) in [7, 11) is 1.64. The fraction of sp³-hybridized carbons (Fsp3) is 0.200. The number of nitrogens with zero attached hydrogens (tertiary/aromatic N) is 3. The Morgan fingerprint density at radius 2 is 1.77 bits per heavy atom. The Hall–Kier alpha value is -3.51. The van der Waals surface area contributed by atoms with Gasteiger partial charge >= 0.3 is 0 Å². The minimum Gasteiger partial charge on any atom is -0.497 e. The molecule has 0 bridgehead atoms. The Morgan fingerprint density at radius 1 is 1.03 bits per heavy atom. The third-order valence-electron chi connectivity index (χ3n) is 5.31. The molecule has 2 aromatic heterocycles. The molecule has 0 amide bonds. The highest BCUT2D eigenvalue weighted by Crippen LogP contribution is 2.27. The summed E-state index contributed by atoms with van der Waals surface area (Å²) in [5, 5.41) is 8.34. The van der Waals surface area contributed by atoms with E-state index in [2.05, 4.69) is 17.2 Å². The zero-order chi connectivity index (χ0) is 21.6. The van der Waals surface area contributed by atoms with Crippen LogP contribution in [0.1, 0.15) is 30.5 Å². The lowest BCUT2D eigenvalue weighted by molar-refractivity contribution is 0.415. The van der Waals surface area contributed by atoms with Gasteiger partial charge < -0.3 is 10.1 Å². The van der Waals surface area contributed by atoms with Gasteiger partial charge in [-0.25, -0.2) is 9.07 Å². The Kier molecular flexibility index (Phi) is 6.38. The number of methoxy groups -OCH3 is 1. The number of para-hydroxylation sites is 1. The van der Waals surface area contributed by atoms with E-state index in [4.69, 9.17) is 9.84 Å². The molecule has 5 nitrogen and oxygen atoms in total. The molecule has 0 aliphatic heterocycles. The molecule has 158 valence electrons. The van der Waals surface area contributed by atoms with Gasteiger partial charge in [-0.15, -0.1) is 0 Å². The molecular weight excluding hydrogens is 391 g/mol. The minimum absolute atomic E-state index is 0.184. The highest BCUT2D eigenvalue weighted by atomic mass is 19.1. The van der Waals surface area contributed by atoms with Crippen LogP contribution in [0.3, 0.4) is 0 Å². The SMILES string of the molecule is CC[C@@H](NCc1cn(-c2ccccc2F)nc1-c1ccc(OC)cc1)c1ccncc1. The van der Waals surface area contributed by atoms with E-state index in [-0.39, 0.29) is 11.9 Å². The normalized spacial score (nSPS) is 12.0. The highest BCUT2D eigenvalue weighted by Gasteiger charge is 2.16. The second-order valence-corrected chi connectivity index (χ2v) is 7.25. The topological polar surface area (TPSA) is 52.0 Å². The van der Waals surface area contributed by atoms with E-state index >= 15 is 0 Å². The van der Waals surface area contributed by atoms with Crippen molar-refractivity contribution < 1.29 is 9.13 Å². The number of halogens is 1. The Morgan fingerprint density at radius 3 is 2.45 bits per heavy atom. The molecule has 31 heavy (non-hydrogen) atoms. The summed E-state index contributed by atoms with van der Waals surface area (Å²) >= 11 is 0. The summed E-state index contributed by atoms with van der Waals surface area (Å²) in [6.45, 7) is 2.74. The lowest BCUT2D eigenvalue weighted by Crippen LogP contribution is -2.20. The molecule has 2 aromatic carbocycles. The van der Waals surface area contributed by atoms with E-state index in [9.17, 15) is 4.39 Å². The summed E-state index contributed by atoms with van der Waals surface area (Å²) < 4.78 is 21.3. The first-order chi connectivity index (χ1) is 15.2. The summed E-state index contributed by atoms with van der Waals surface area (Å²) in [5.74, 6) is 0.467. The molecule has 0 saturated heterocycles. The molecule has 6 heteroatoms. The zero-order valence-corrected chi connectivity index (χ0v) is 17.6. The number of nitrogens with one attached hydrogen (secondary N) is 1. The Bertz CT molecular complexity index is 1130. The van der Waals surface area contributed by atoms with Crippen molar-refractivity contribution >= 4 is 0 Å². The van der Waals surface area contributed by atoms with Crippen molar-refractivity contribution in [2.75, 3.05) is 7.11 Å². The quantitative estimate of drug-likeness (QED) is 0.422. The maximum atomic E-state index is 14.4. The van der Waals surface area contributed by atoms with Gasteiger partial charge in [-0.1, -0.05) is 19.1 Å². The van der Waals surface area contributed by atoms with E-state index in [0.29, 0.717) is 12.2 Å². The summed E-state index contributed by atoms with van der Waals surface area (Å²) in [6.07, 6.45) is 6.44. The maximum Gasteiger partial charge on any atom is 0.148 e. The fourth-order valence-corrected chi connectivity index (χ4v) is 3.62. The van der Waals surface area contributed by atoms with Gasteiger partial charge in [0, 0.05) is 42.3 Å². The summed E-state index contributed by atoms with van der Waals surface area (Å²) in [4.78, 5) is 4.11. The van der Waals surface area contributed by atoms with E-state index in [1.807, 2.05) is 48.7 Å². The van der Waals surface area contributed by atoms with Crippen LogP contribution in [0.2, 0.25) is 0 Å². The number of pyridine rings is 1. The summed E-state index contributed by atoms with van der Waals surface area (Å²) in [5.41, 5.74) is 4.35. The highest BCUT2D eigenvalue weighted by molar-refractivity contribution is 5.64. The van der Waals surface area contributed by atoms with Gasteiger partial charge in [0.2, 0.25) is 0 Å². The molecule has 1 atom stereocenters. The van der Waals surface area contributed by atoms with Crippen molar-refractivity contribution in [3.05, 3.63) is 96.2 Å². The first-order valence-corrected chi connectivity index (χ1v) is 10.3. The third kappa shape index (κ3) is 4.64. The molecule has 0 radical (unpaired) electrons. The fourth-order valence-electron chi connectivity index (χ4n) is 3.62. The van der Waals surface area contributed by atoms with Crippen molar-refractivity contribution in [3.63, 3.8) is 0 Å². The molecular formula is C25H25FN4O. The molecule has 2 heterocycles. The van der Waals surface area contributed by atoms with Crippen LogP contribution in [0, 0.1) is 5.82 Å². The number of aromatic nitrogens is 3. The third-order valence-corrected chi connectivity index (χ3v) is 5.31. The predicted molar refractivity (Wildman–Crippen MR) is 120 cm³/mol. The smallest absolute Gasteiger partial charge is 0.148 e. The van der Waals surface area contributed by atoms with Gasteiger partial charge in [0.1, 0.15) is 17.3 Å². The number of rotatable bonds is 8. The van der Waals surface area contributed by atoms with Crippen LogP contribution < -0.4 is 10.1 Å². The molecule has 0 spiro atoms. The molecule has 0 aliphatic carbocycles. The lowest BCUT2D eigenvalue weighted by atomic mass is 10.0. The second-order valence-electron chi connectivity index (χ2n) is 7.25. The van der Waals surface area contributed by atoms with Crippen LogP contribution in [0.25, 0.3) is 16.9 Å². The number of ether oxygens (including phenoxy) is 1. The monoisotopic (exact) mass is 416 g/mol. The van der Waals surface area contributed by atoms with Gasteiger partial charge in [-0.05, 0) is 60.5 Å². The Balaban J connectivity index is 1.68. The van der Waals surface area contributed by atoms with Crippen LogP contribution >= 0.6 is 0 Å². The largest absolute Gasteiger partial charge is 0.497 e. The molecule has 0 aliphatic rings. The molecule has 4 aromatic rings. The average Bonchev–Trinajstić information content (AvgIpc) is 3.24. The predicted octanol–water partition coefficient (Wildman–Crippen LogP) is 5.32. The van der Waals surface area contributed by atoms with E-state index < -0.39 is 0 Å². The van der Waals surface area contributed by atoms with E-state index in [1.54, 1.807) is 36.3 Å². The van der Waals surface area contributed by atoms with Crippen LogP contribution in [-0.2, 0) is 6.54 Å². The van der Waals surface area contributed by atoms with E-state index in [0.717, 1.165) is 29.0 Å². The van der Waals surface area contributed by atoms with Crippen LogP contribution in [0.15, 0.2) is 79.3 Å². The number of hydrogen-bond donors (Lipinski definition) is 1. The maximum absolute atomic E-state index is 14.4. The molecule has 0 saturated carbocycles. The van der Waals surface area contributed by atoms with Crippen molar-refractivity contribution in [1.82, 2.24) is 20.1 Å². The first-order valence-electron chi connectivity index (χ1n) is 10.3. The zero-order valence-electron chi connectivity index (χ0n) is 17.6. The number of hydrogen-bond acceptors (Lipinski definition) is 4. The van der Waals surface area contributed by atoms with Gasteiger partial charge in [0.25, 0.3) is 0 Å². The molecule has 1 N–H and O–H groups in total. The van der Waals surface area contributed by atoms with Crippen LogP contribution in [0.5, 0.6) is 5.75 Å². The van der Waals surface area contributed by atoms with Gasteiger partial charge in [0.05, 0.1) is 12.8 Å². The standard InChI is InChI=1S/C25H25FN4O/c1-3-23(18-12-14-27-15-13-18)28-16-20-17-30(24-7-5-4-6-22(24)26)29-25(20)19-8-10-21(31-2)11-9-19/h4-15,17,23,28H,3,16H2,1-2H3/t23-/m1/s1. The number of benzene rings is 2. The van der Waals surface area contributed by atoms with Crippen molar-refractivity contribution in [2.45, 2.75) is 25.9 Å². The average molecular weight is 417 g/mol. The molecule has 4 rings (SSSR count). The van der Waals surface area contributed by atoms with Crippen molar-refractivity contribution in [1.29, 1.82) is 0 Å². The minimum atomic E-state index is -0.311. The second kappa shape index (κ2) is 9.53. The first kappa shape index (κ1) is 20.8. The van der Waals surface area contributed by atoms with E-state index in [1.165, 1.54) is 11.6 Å². The summed E-state index contributed by atoms with van der Waals surface area (Å²) in [6, 6.07) is 18.6. The molecule has 0 fully saturated rings. The van der Waals surface area contributed by atoms with Gasteiger partial charge in [-0.3, -0.25) is 4.98 Å². The van der Waals surface area contributed by atoms with Crippen molar-refractivity contribution in [3.8, 4) is 22.7 Å².